The van der Waals surface area contributed by atoms with Gasteiger partial charge in [0.25, 0.3) is 0 Å². The molecule has 0 aromatic heterocycles. The number of carbonyl (C=O) groups excluding carboxylic acids is 1. The van der Waals surface area contributed by atoms with Crippen LogP contribution in [0.1, 0.15) is 31.1 Å². The molecule has 0 saturated carbocycles. The molecule has 7 heteroatoms. The van der Waals surface area contributed by atoms with Crippen molar-refractivity contribution in [3.05, 3.63) is 29.3 Å². The Bertz CT molecular complexity index is 539. The van der Waals surface area contributed by atoms with Crippen molar-refractivity contribution >= 4 is 17.7 Å². The highest BCUT2D eigenvalue weighted by atomic mass is 19.1. The molecule has 0 bridgehead atoms. The fourth-order valence-corrected chi connectivity index (χ4v) is 1.32. The molecular weight excluding hydrogens is 270 g/mol. The zero-order valence-corrected chi connectivity index (χ0v) is 11.4. The smallest absolute Gasteiger partial charge is 0.338 e. The van der Waals surface area contributed by atoms with Crippen LogP contribution in [0.15, 0.2) is 12.1 Å². The Balaban J connectivity index is 2.85. The number of halogens is 2. The molecule has 0 spiro atoms. The quantitative estimate of drug-likeness (QED) is 0.799. The minimum atomic E-state index is -1.54. The van der Waals surface area contributed by atoms with E-state index < -0.39 is 34.9 Å². The van der Waals surface area contributed by atoms with Crippen LogP contribution in [-0.2, 0) is 0 Å². The highest BCUT2D eigenvalue weighted by Crippen LogP contribution is 2.19. The van der Waals surface area contributed by atoms with Gasteiger partial charge in [-0.1, -0.05) is 20.8 Å². The van der Waals surface area contributed by atoms with Crippen LogP contribution < -0.4 is 10.6 Å². The van der Waals surface area contributed by atoms with E-state index in [1.54, 1.807) is 0 Å². The summed E-state index contributed by atoms with van der Waals surface area (Å²) >= 11 is 0. The molecule has 0 fully saturated rings. The third kappa shape index (κ3) is 4.49. The minimum Gasteiger partial charge on any atom is -0.478 e. The van der Waals surface area contributed by atoms with Crippen LogP contribution in [0.2, 0.25) is 0 Å². The minimum absolute atomic E-state index is 0.162. The van der Waals surface area contributed by atoms with Gasteiger partial charge >= 0.3 is 12.0 Å². The van der Waals surface area contributed by atoms with Crippen LogP contribution in [0.5, 0.6) is 0 Å². The lowest BCUT2D eigenvalue weighted by Gasteiger charge is -2.19. The Morgan fingerprint density at radius 2 is 1.80 bits per heavy atom. The molecule has 0 aliphatic heterocycles. The number of hydrogen-bond acceptors (Lipinski definition) is 2. The molecular formula is C13H16F2N2O3. The van der Waals surface area contributed by atoms with Crippen molar-refractivity contribution in [2.45, 2.75) is 20.8 Å². The van der Waals surface area contributed by atoms with Crippen LogP contribution in [-0.4, -0.2) is 23.7 Å². The largest absolute Gasteiger partial charge is 0.478 e. The highest BCUT2D eigenvalue weighted by Gasteiger charge is 2.17. The van der Waals surface area contributed by atoms with Gasteiger partial charge in [-0.15, -0.1) is 0 Å². The molecule has 0 saturated heterocycles. The predicted octanol–water partition coefficient (Wildman–Crippen LogP) is 2.83. The van der Waals surface area contributed by atoms with Gasteiger partial charge in [-0.2, -0.15) is 0 Å². The fourth-order valence-electron chi connectivity index (χ4n) is 1.32. The van der Waals surface area contributed by atoms with Gasteiger partial charge in [0.2, 0.25) is 0 Å². The molecule has 0 radical (unpaired) electrons. The Hall–Kier alpha value is -2.18. The maximum absolute atomic E-state index is 13.5. The monoisotopic (exact) mass is 286 g/mol. The zero-order chi connectivity index (χ0) is 15.5. The first kappa shape index (κ1) is 15.9. The summed E-state index contributed by atoms with van der Waals surface area (Å²) < 4.78 is 26.6. The number of carboxylic acid groups (broad SMARTS) is 1. The second kappa shape index (κ2) is 5.85. The van der Waals surface area contributed by atoms with Crippen LogP contribution >= 0.6 is 0 Å². The van der Waals surface area contributed by atoms with Gasteiger partial charge < -0.3 is 15.7 Å². The summed E-state index contributed by atoms with van der Waals surface area (Å²) in [6.45, 7) is 6.03. The molecule has 0 aliphatic rings. The van der Waals surface area contributed by atoms with Crippen molar-refractivity contribution in [2.75, 3.05) is 11.9 Å². The number of amides is 2. The van der Waals surface area contributed by atoms with Crippen LogP contribution in [0.25, 0.3) is 0 Å². The number of rotatable bonds is 3. The highest BCUT2D eigenvalue weighted by molar-refractivity contribution is 5.93. The fraction of sp³-hybridized carbons (Fsp3) is 0.385. The molecule has 0 unspecified atom stereocenters. The van der Waals surface area contributed by atoms with Crippen molar-refractivity contribution in [2.24, 2.45) is 5.41 Å². The average molecular weight is 286 g/mol. The Morgan fingerprint density at radius 3 is 2.30 bits per heavy atom. The third-order valence-electron chi connectivity index (χ3n) is 2.31. The zero-order valence-electron chi connectivity index (χ0n) is 11.4. The van der Waals surface area contributed by atoms with Crippen molar-refractivity contribution in [1.29, 1.82) is 0 Å². The molecule has 2 amide bonds. The number of hydrogen-bond donors (Lipinski definition) is 3. The number of carboxylic acids is 1. The van der Waals surface area contributed by atoms with Gasteiger partial charge in [-0.05, 0) is 11.5 Å². The van der Waals surface area contributed by atoms with Crippen LogP contribution in [0.3, 0.4) is 0 Å². The standard InChI is InChI=1S/C13H16F2N2O3/c1-13(2,3)6-16-12(20)17-10-4-7(11(18)19)8(14)5-9(10)15/h4-5H,6H2,1-3H3,(H,18,19)(H2,16,17,20). The summed E-state index contributed by atoms with van der Waals surface area (Å²) in [7, 11) is 0. The number of urea groups is 1. The second-order valence-corrected chi connectivity index (χ2v) is 5.49. The maximum Gasteiger partial charge on any atom is 0.338 e. The second-order valence-electron chi connectivity index (χ2n) is 5.49. The van der Waals surface area contributed by atoms with E-state index in [1.807, 2.05) is 20.8 Å². The first-order valence-corrected chi connectivity index (χ1v) is 5.87. The molecule has 110 valence electrons. The summed E-state index contributed by atoms with van der Waals surface area (Å²) in [6, 6.07) is 0.466. The van der Waals surface area contributed by atoms with E-state index >= 15 is 0 Å². The lowest BCUT2D eigenvalue weighted by Crippen LogP contribution is -2.35. The van der Waals surface area contributed by atoms with Gasteiger partial charge in [0.1, 0.15) is 11.6 Å². The molecule has 1 aromatic rings. The first-order valence-electron chi connectivity index (χ1n) is 5.87. The molecule has 1 aromatic carbocycles. The summed E-state index contributed by atoms with van der Waals surface area (Å²) in [4.78, 5) is 22.3. The van der Waals surface area contributed by atoms with E-state index in [2.05, 4.69) is 10.6 Å². The lowest BCUT2D eigenvalue weighted by atomic mass is 9.97. The average Bonchev–Trinajstić information content (AvgIpc) is 2.28. The first-order chi connectivity index (χ1) is 9.10. The maximum atomic E-state index is 13.5. The number of aromatic carboxylic acids is 1. The molecule has 5 nitrogen and oxygen atoms in total. The Morgan fingerprint density at radius 1 is 1.20 bits per heavy atom. The number of benzene rings is 1. The van der Waals surface area contributed by atoms with Crippen LogP contribution in [0, 0.1) is 17.0 Å². The van der Waals surface area contributed by atoms with Gasteiger partial charge in [0, 0.05) is 12.6 Å². The van der Waals surface area contributed by atoms with Gasteiger partial charge in [0.15, 0.2) is 0 Å². The van der Waals surface area contributed by atoms with Gasteiger partial charge in [-0.3, -0.25) is 0 Å². The molecule has 0 aliphatic carbocycles. The van der Waals surface area contributed by atoms with Crippen molar-refractivity contribution in [3.8, 4) is 0 Å². The molecule has 0 atom stereocenters. The number of carbonyl (C=O) groups is 2. The van der Waals surface area contributed by atoms with Gasteiger partial charge in [-0.25, -0.2) is 18.4 Å². The van der Waals surface area contributed by atoms with E-state index in [0.29, 0.717) is 12.6 Å². The van der Waals surface area contributed by atoms with Crippen LogP contribution in [0.4, 0.5) is 19.3 Å². The summed E-state index contributed by atoms with van der Waals surface area (Å²) in [5.74, 6) is -3.78. The summed E-state index contributed by atoms with van der Waals surface area (Å²) in [5.41, 5.74) is -1.27. The molecule has 3 N–H and O–H groups in total. The van der Waals surface area contributed by atoms with E-state index in [4.69, 9.17) is 5.11 Å². The van der Waals surface area contributed by atoms with Gasteiger partial charge in [0.05, 0.1) is 11.3 Å². The number of nitrogens with one attached hydrogen (secondary N) is 2. The lowest BCUT2D eigenvalue weighted by molar-refractivity contribution is 0.0692. The van der Waals surface area contributed by atoms with E-state index in [-0.39, 0.29) is 5.41 Å². The molecule has 1 rings (SSSR count). The van der Waals surface area contributed by atoms with E-state index in [1.165, 1.54) is 0 Å². The summed E-state index contributed by atoms with van der Waals surface area (Å²) in [5, 5.41) is 13.4. The third-order valence-corrected chi connectivity index (χ3v) is 2.31. The SMILES string of the molecule is CC(C)(C)CNC(=O)Nc1cc(C(=O)O)c(F)cc1F. The predicted molar refractivity (Wildman–Crippen MR) is 69.8 cm³/mol. The number of anilines is 1. The van der Waals surface area contributed by atoms with Crippen molar-refractivity contribution in [1.82, 2.24) is 5.32 Å². The molecule has 0 heterocycles. The Labute approximate surface area is 115 Å². The Kier molecular flexibility index (Phi) is 4.65. The van der Waals surface area contributed by atoms with Crippen molar-refractivity contribution in [3.63, 3.8) is 0 Å². The van der Waals surface area contributed by atoms with E-state index in [0.717, 1.165) is 6.07 Å². The van der Waals surface area contributed by atoms with E-state index in [9.17, 15) is 18.4 Å². The normalized spacial score (nSPS) is 11.1. The topological polar surface area (TPSA) is 78.4 Å². The van der Waals surface area contributed by atoms with Crippen molar-refractivity contribution < 1.29 is 23.5 Å². The molecule has 20 heavy (non-hydrogen) atoms. The summed E-state index contributed by atoms with van der Waals surface area (Å²) in [6.07, 6.45) is 0.